The van der Waals surface area contributed by atoms with Crippen LogP contribution in [0, 0.1) is 0 Å². The van der Waals surface area contributed by atoms with Gasteiger partial charge in [-0.1, -0.05) is 6.07 Å². The number of para-hydroxylation sites is 1. The van der Waals surface area contributed by atoms with Gasteiger partial charge >= 0.3 is 0 Å². The quantitative estimate of drug-likeness (QED) is 0.881. The number of carbonyl (C=O) groups excluding carboxylic acids is 2. The Bertz CT molecular complexity index is 524. The van der Waals surface area contributed by atoms with Gasteiger partial charge in [-0.05, 0) is 25.0 Å². The van der Waals surface area contributed by atoms with Crippen molar-refractivity contribution in [2.24, 2.45) is 0 Å². The largest absolute Gasteiger partial charge is 0.493 e. The van der Waals surface area contributed by atoms with E-state index in [1.54, 1.807) is 23.1 Å². The molecule has 6 nitrogen and oxygen atoms in total. The van der Waals surface area contributed by atoms with Crippen molar-refractivity contribution in [2.75, 3.05) is 33.9 Å². The van der Waals surface area contributed by atoms with Crippen LogP contribution in [0.3, 0.4) is 0 Å². The molecule has 1 fully saturated rings. The molecule has 0 unspecified atom stereocenters. The summed E-state index contributed by atoms with van der Waals surface area (Å²) in [6, 6.07) is 5.06. The van der Waals surface area contributed by atoms with Gasteiger partial charge in [0, 0.05) is 13.1 Å². The molecule has 1 heterocycles. The van der Waals surface area contributed by atoms with Gasteiger partial charge in [0.05, 0.1) is 26.3 Å². The first kappa shape index (κ1) is 15.2. The van der Waals surface area contributed by atoms with Gasteiger partial charge in [-0.15, -0.1) is 0 Å². The van der Waals surface area contributed by atoms with E-state index in [2.05, 4.69) is 5.32 Å². The van der Waals surface area contributed by atoms with Crippen LogP contribution < -0.4 is 14.8 Å². The average Bonchev–Trinajstić information content (AvgIpc) is 3.05. The van der Waals surface area contributed by atoms with Crippen molar-refractivity contribution in [1.29, 1.82) is 0 Å². The highest BCUT2D eigenvalue weighted by Crippen LogP contribution is 2.30. The first-order valence-corrected chi connectivity index (χ1v) is 6.94. The van der Waals surface area contributed by atoms with Crippen LogP contribution in [0.1, 0.15) is 23.2 Å². The number of amides is 2. The van der Waals surface area contributed by atoms with Gasteiger partial charge in [-0.2, -0.15) is 0 Å². The zero-order valence-corrected chi connectivity index (χ0v) is 12.3. The van der Waals surface area contributed by atoms with Crippen LogP contribution in [0.15, 0.2) is 18.2 Å². The van der Waals surface area contributed by atoms with Crippen molar-refractivity contribution in [1.82, 2.24) is 10.2 Å². The minimum atomic E-state index is -0.349. The number of benzene rings is 1. The molecule has 0 saturated carbocycles. The van der Waals surface area contributed by atoms with Gasteiger partial charge in [0.1, 0.15) is 0 Å². The molecular weight excluding hydrogens is 272 g/mol. The number of carbonyl (C=O) groups is 2. The molecule has 0 spiro atoms. The second-order valence-electron chi connectivity index (χ2n) is 4.81. The van der Waals surface area contributed by atoms with Gasteiger partial charge in [0.25, 0.3) is 5.91 Å². The monoisotopic (exact) mass is 292 g/mol. The summed E-state index contributed by atoms with van der Waals surface area (Å²) >= 11 is 0. The number of nitrogens with zero attached hydrogens (tertiary/aromatic N) is 1. The second-order valence-corrected chi connectivity index (χ2v) is 4.81. The number of ether oxygens (including phenoxy) is 2. The molecule has 0 aliphatic carbocycles. The highest BCUT2D eigenvalue weighted by molar-refractivity contribution is 5.99. The third-order valence-corrected chi connectivity index (χ3v) is 3.51. The number of likely N-dealkylation sites (tertiary alicyclic amines) is 1. The third-order valence-electron chi connectivity index (χ3n) is 3.51. The lowest BCUT2D eigenvalue weighted by atomic mass is 10.1. The highest BCUT2D eigenvalue weighted by atomic mass is 16.5. The van der Waals surface area contributed by atoms with Crippen molar-refractivity contribution in [3.8, 4) is 11.5 Å². The highest BCUT2D eigenvalue weighted by Gasteiger charge is 2.20. The summed E-state index contributed by atoms with van der Waals surface area (Å²) in [5, 5.41) is 2.64. The lowest BCUT2D eigenvalue weighted by molar-refractivity contribution is -0.129. The summed E-state index contributed by atoms with van der Waals surface area (Å²) in [5.41, 5.74) is 0.353. The maximum Gasteiger partial charge on any atom is 0.255 e. The molecule has 6 heteroatoms. The first-order chi connectivity index (χ1) is 10.2. The maximum absolute atomic E-state index is 12.2. The molecule has 0 aromatic heterocycles. The van der Waals surface area contributed by atoms with Crippen LogP contribution in [0.5, 0.6) is 11.5 Å². The summed E-state index contributed by atoms with van der Waals surface area (Å²) in [7, 11) is 2.99. The van der Waals surface area contributed by atoms with E-state index in [0.29, 0.717) is 17.1 Å². The lowest BCUT2D eigenvalue weighted by Gasteiger charge is -2.16. The van der Waals surface area contributed by atoms with Gasteiger partial charge in [0.15, 0.2) is 11.5 Å². The van der Waals surface area contributed by atoms with E-state index in [-0.39, 0.29) is 18.4 Å². The summed E-state index contributed by atoms with van der Waals surface area (Å²) < 4.78 is 10.4. The summed E-state index contributed by atoms with van der Waals surface area (Å²) in [6.07, 6.45) is 2.06. The molecule has 1 aliphatic heterocycles. The standard InChI is InChI=1S/C15H20N2O4/c1-20-12-7-5-6-11(14(12)21-2)15(19)16-10-13(18)17-8-3-4-9-17/h5-7H,3-4,8-10H2,1-2H3,(H,16,19). The van der Waals surface area contributed by atoms with Crippen LogP contribution in [-0.4, -0.2) is 50.6 Å². The Labute approximate surface area is 124 Å². The summed E-state index contributed by atoms with van der Waals surface area (Å²) in [6.45, 7) is 1.55. The van der Waals surface area contributed by atoms with Crippen LogP contribution in [0.25, 0.3) is 0 Å². The van der Waals surface area contributed by atoms with E-state index in [1.807, 2.05) is 0 Å². The van der Waals surface area contributed by atoms with E-state index in [0.717, 1.165) is 25.9 Å². The van der Waals surface area contributed by atoms with Crippen LogP contribution in [0.2, 0.25) is 0 Å². The zero-order chi connectivity index (χ0) is 15.2. The predicted octanol–water partition coefficient (Wildman–Crippen LogP) is 1.06. The predicted molar refractivity (Wildman–Crippen MR) is 77.7 cm³/mol. The fourth-order valence-electron chi connectivity index (χ4n) is 2.40. The Balaban J connectivity index is 2.01. The molecule has 1 aromatic carbocycles. The Morgan fingerprint density at radius 3 is 2.52 bits per heavy atom. The number of methoxy groups -OCH3 is 2. The smallest absolute Gasteiger partial charge is 0.255 e. The molecule has 2 amide bonds. The Morgan fingerprint density at radius 1 is 1.19 bits per heavy atom. The van der Waals surface area contributed by atoms with Crippen LogP contribution in [-0.2, 0) is 4.79 Å². The van der Waals surface area contributed by atoms with Crippen molar-refractivity contribution in [3.05, 3.63) is 23.8 Å². The first-order valence-electron chi connectivity index (χ1n) is 6.94. The van der Waals surface area contributed by atoms with Gasteiger partial charge in [0.2, 0.25) is 5.91 Å². The van der Waals surface area contributed by atoms with Crippen molar-refractivity contribution in [2.45, 2.75) is 12.8 Å². The molecule has 0 bridgehead atoms. The number of hydrogen-bond acceptors (Lipinski definition) is 4. The van der Waals surface area contributed by atoms with E-state index >= 15 is 0 Å². The molecule has 0 atom stereocenters. The van der Waals surface area contributed by atoms with Crippen molar-refractivity contribution >= 4 is 11.8 Å². The van der Waals surface area contributed by atoms with Crippen molar-refractivity contribution in [3.63, 3.8) is 0 Å². The molecule has 1 aliphatic rings. The maximum atomic E-state index is 12.2. The normalized spacial score (nSPS) is 13.9. The number of nitrogens with one attached hydrogen (secondary N) is 1. The van der Waals surface area contributed by atoms with E-state index in [9.17, 15) is 9.59 Å². The van der Waals surface area contributed by atoms with Gasteiger partial charge in [-0.25, -0.2) is 0 Å². The second kappa shape index (κ2) is 6.97. The topological polar surface area (TPSA) is 67.9 Å². The van der Waals surface area contributed by atoms with Gasteiger partial charge in [-0.3, -0.25) is 9.59 Å². The zero-order valence-electron chi connectivity index (χ0n) is 12.3. The van der Waals surface area contributed by atoms with Gasteiger partial charge < -0.3 is 19.7 Å². The van der Waals surface area contributed by atoms with Crippen LogP contribution >= 0.6 is 0 Å². The summed E-state index contributed by atoms with van der Waals surface area (Å²) in [4.78, 5) is 25.9. The van der Waals surface area contributed by atoms with E-state index in [1.165, 1.54) is 14.2 Å². The van der Waals surface area contributed by atoms with E-state index < -0.39 is 0 Å². The SMILES string of the molecule is COc1cccc(C(=O)NCC(=O)N2CCCC2)c1OC. The fourth-order valence-corrected chi connectivity index (χ4v) is 2.40. The molecular formula is C15H20N2O4. The number of hydrogen-bond donors (Lipinski definition) is 1. The number of rotatable bonds is 5. The fraction of sp³-hybridized carbons (Fsp3) is 0.467. The Kier molecular flexibility index (Phi) is 5.03. The Morgan fingerprint density at radius 2 is 1.90 bits per heavy atom. The van der Waals surface area contributed by atoms with Crippen LogP contribution in [0.4, 0.5) is 0 Å². The minimum Gasteiger partial charge on any atom is -0.493 e. The molecule has 21 heavy (non-hydrogen) atoms. The summed E-state index contributed by atoms with van der Waals surface area (Å²) in [5.74, 6) is 0.447. The molecule has 0 radical (unpaired) electrons. The molecule has 1 saturated heterocycles. The molecule has 2 rings (SSSR count). The average molecular weight is 292 g/mol. The lowest BCUT2D eigenvalue weighted by Crippen LogP contribution is -2.38. The minimum absolute atomic E-state index is 0.000796. The third kappa shape index (κ3) is 3.45. The molecule has 1 N–H and O–H groups in total. The molecule has 1 aromatic rings. The Hall–Kier alpha value is -2.24. The van der Waals surface area contributed by atoms with Crippen molar-refractivity contribution < 1.29 is 19.1 Å². The molecule has 114 valence electrons. The van der Waals surface area contributed by atoms with E-state index in [4.69, 9.17) is 9.47 Å².